The molecule has 31 heavy (non-hydrogen) atoms. The predicted molar refractivity (Wildman–Crippen MR) is 117 cm³/mol. The van der Waals surface area contributed by atoms with Crippen LogP contribution in [-0.4, -0.2) is 29.1 Å². The van der Waals surface area contributed by atoms with E-state index in [2.05, 4.69) is 19.9 Å². The van der Waals surface area contributed by atoms with E-state index >= 15 is 0 Å². The van der Waals surface area contributed by atoms with Crippen molar-refractivity contribution < 1.29 is 0 Å². The fourth-order valence-corrected chi connectivity index (χ4v) is 3.62. The SMILES string of the molecule is Cc1cc2nc3c(=O)[nH]c(=O)nc-3n(CCCCCn3ccc(N)nc3=O)c2cc1C. The maximum atomic E-state index is 12.3. The van der Waals surface area contributed by atoms with E-state index < -0.39 is 11.2 Å². The van der Waals surface area contributed by atoms with E-state index in [0.29, 0.717) is 18.6 Å². The van der Waals surface area contributed by atoms with Gasteiger partial charge in [-0.05, 0) is 62.4 Å². The molecule has 4 rings (SSSR count). The van der Waals surface area contributed by atoms with Crippen LogP contribution in [0.15, 0.2) is 38.8 Å². The van der Waals surface area contributed by atoms with E-state index in [-0.39, 0.29) is 23.0 Å². The lowest BCUT2D eigenvalue weighted by atomic mass is 10.1. The first-order valence-electron chi connectivity index (χ1n) is 10.1. The molecule has 0 atom stereocenters. The van der Waals surface area contributed by atoms with Gasteiger partial charge in [-0.2, -0.15) is 9.97 Å². The summed E-state index contributed by atoms with van der Waals surface area (Å²) in [6.07, 6.45) is 4.01. The molecule has 0 fully saturated rings. The lowest BCUT2D eigenvalue weighted by Crippen LogP contribution is -2.29. The zero-order valence-corrected chi connectivity index (χ0v) is 17.4. The molecule has 1 aromatic heterocycles. The van der Waals surface area contributed by atoms with Gasteiger partial charge >= 0.3 is 11.4 Å². The molecule has 2 aromatic rings. The Labute approximate surface area is 176 Å². The second-order valence-corrected chi connectivity index (χ2v) is 7.62. The Morgan fingerprint density at radius 1 is 0.968 bits per heavy atom. The molecule has 0 amide bonds. The van der Waals surface area contributed by atoms with Crippen LogP contribution in [0.3, 0.4) is 0 Å². The van der Waals surface area contributed by atoms with Crippen LogP contribution in [0.4, 0.5) is 5.82 Å². The molecule has 2 aliphatic rings. The Morgan fingerprint density at radius 2 is 1.71 bits per heavy atom. The first-order valence-corrected chi connectivity index (χ1v) is 10.1. The van der Waals surface area contributed by atoms with Gasteiger partial charge in [0.1, 0.15) is 5.82 Å². The monoisotopic (exact) mass is 421 g/mol. The van der Waals surface area contributed by atoms with Crippen molar-refractivity contribution in [2.45, 2.75) is 46.2 Å². The highest BCUT2D eigenvalue weighted by molar-refractivity contribution is 5.81. The van der Waals surface area contributed by atoms with Gasteiger partial charge < -0.3 is 10.3 Å². The zero-order valence-electron chi connectivity index (χ0n) is 17.4. The standard InChI is InChI=1S/C21H23N7O3/c1-12-10-14-15(11-13(12)2)28(18-17(23-14)19(29)26-20(30)25-18)8-5-3-4-7-27-9-6-16(22)24-21(27)31/h6,9-11H,3-5,7-8H2,1-2H3,(H2,22,24,31)(H,26,29,30). The van der Waals surface area contributed by atoms with Gasteiger partial charge in [0.05, 0.1) is 11.0 Å². The van der Waals surface area contributed by atoms with E-state index in [0.717, 1.165) is 35.9 Å². The first-order chi connectivity index (χ1) is 14.8. The van der Waals surface area contributed by atoms with Gasteiger partial charge in [0, 0.05) is 19.3 Å². The first kappa shape index (κ1) is 20.5. The summed E-state index contributed by atoms with van der Waals surface area (Å²) >= 11 is 0. The summed E-state index contributed by atoms with van der Waals surface area (Å²) in [6.45, 7) is 5.09. The minimum atomic E-state index is -0.688. The fourth-order valence-electron chi connectivity index (χ4n) is 3.62. The Balaban J connectivity index is 1.60. The van der Waals surface area contributed by atoms with Crippen LogP contribution in [0.5, 0.6) is 0 Å². The molecule has 0 spiro atoms. The van der Waals surface area contributed by atoms with Crippen LogP contribution in [0.2, 0.25) is 0 Å². The molecule has 0 saturated carbocycles. The molecule has 10 nitrogen and oxygen atoms in total. The number of benzene rings is 1. The lowest BCUT2D eigenvalue weighted by Gasteiger charge is -2.17. The van der Waals surface area contributed by atoms with Crippen LogP contribution in [0.25, 0.3) is 22.6 Å². The van der Waals surface area contributed by atoms with Crippen molar-refractivity contribution in [3.8, 4) is 11.5 Å². The molecule has 1 aromatic carbocycles. The molecule has 0 unspecified atom stereocenters. The number of hydrogen-bond acceptors (Lipinski definition) is 7. The van der Waals surface area contributed by atoms with Crippen LogP contribution in [0, 0.1) is 13.8 Å². The summed E-state index contributed by atoms with van der Waals surface area (Å²) < 4.78 is 3.41. The quantitative estimate of drug-likeness (QED) is 0.352. The molecule has 3 heterocycles. The average Bonchev–Trinajstić information content (AvgIpc) is 2.70. The Hall–Kier alpha value is -3.82. The van der Waals surface area contributed by atoms with Gasteiger partial charge in [0.25, 0.3) is 5.56 Å². The highest BCUT2D eigenvalue weighted by atomic mass is 16.2. The third kappa shape index (κ3) is 4.09. The smallest absolute Gasteiger partial charge is 0.349 e. The molecule has 160 valence electrons. The summed E-state index contributed by atoms with van der Waals surface area (Å²) in [5.41, 5.74) is 7.73. The normalized spacial score (nSPS) is 11.4. The topological polar surface area (TPSA) is 142 Å². The van der Waals surface area contributed by atoms with Gasteiger partial charge in [0.2, 0.25) is 0 Å². The highest BCUT2D eigenvalue weighted by Crippen LogP contribution is 2.24. The van der Waals surface area contributed by atoms with Crippen LogP contribution < -0.4 is 22.7 Å². The second kappa shape index (κ2) is 8.13. The van der Waals surface area contributed by atoms with Crippen molar-refractivity contribution in [1.82, 2.24) is 29.1 Å². The molecule has 0 bridgehead atoms. The number of nitrogens with zero attached hydrogens (tertiary/aromatic N) is 5. The number of unbranched alkanes of at least 4 members (excludes halogenated alkanes) is 2. The third-order valence-electron chi connectivity index (χ3n) is 5.40. The summed E-state index contributed by atoms with van der Waals surface area (Å²) in [7, 11) is 0. The van der Waals surface area contributed by atoms with Gasteiger partial charge in [-0.15, -0.1) is 0 Å². The number of anilines is 1. The number of nitrogens with two attached hydrogens (primary N) is 1. The maximum absolute atomic E-state index is 12.3. The summed E-state index contributed by atoms with van der Waals surface area (Å²) in [5.74, 6) is 0.489. The Morgan fingerprint density at radius 3 is 2.48 bits per heavy atom. The van der Waals surface area contributed by atoms with E-state index in [9.17, 15) is 14.4 Å². The highest BCUT2D eigenvalue weighted by Gasteiger charge is 2.19. The van der Waals surface area contributed by atoms with Crippen molar-refractivity contribution >= 4 is 16.9 Å². The number of aryl methyl sites for hydroxylation is 4. The number of nitrogens with one attached hydrogen (secondary N) is 1. The van der Waals surface area contributed by atoms with Crippen molar-refractivity contribution in [3.63, 3.8) is 0 Å². The Bertz CT molecular complexity index is 1420. The van der Waals surface area contributed by atoms with Crippen LogP contribution in [0.1, 0.15) is 30.4 Å². The molecule has 3 N–H and O–H groups in total. The van der Waals surface area contributed by atoms with Gasteiger partial charge in [-0.1, -0.05) is 0 Å². The second-order valence-electron chi connectivity index (χ2n) is 7.62. The van der Waals surface area contributed by atoms with E-state index in [1.165, 1.54) is 4.57 Å². The third-order valence-corrected chi connectivity index (χ3v) is 5.40. The van der Waals surface area contributed by atoms with Crippen molar-refractivity contribution in [2.24, 2.45) is 0 Å². The van der Waals surface area contributed by atoms with Crippen molar-refractivity contribution in [2.75, 3.05) is 5.73 Å². The van der Waals surface area contributed by atoms with Crippen molar-refractivity contribution in [1.29, 1.82) is 0 Å². The average molecular weight is 421 g/mol. The number of fused-ring (bicyclic) bond motifs is 2. The molecule has 10 heteroatoms. The summed E-state index contributed by atoms with van der Waals surface area (Å²) in [6, 6.07) is 5.54. The number of aromatic amines is 1. The van der Waals surface area contributed by atoms with Gasteiger partial charge in [-0.25, -0.2) is 14.6 Å². The molecule has 2 aliphatic heterocycles. The van der Waals surface area contributed by atoms with Crippen LogP contribution in [-0.2, 0) is 13.1 Å². The number of rotatable bonds is 6. The summed E-state index contributed by atoms with van der Waals surface area (Å²) in [5, 5.41) is 0. The van der Waals surface area contributed by atoms with Crippen molar-refractivity contribution in [3.05, 3.63) is 66.8 Å². The summed E-state index contributed by atoms with van der Waals surface area (Å²) in [4.78, 5) is 50.4. The number of aromatic nitrogens is 6. The van der Waals surface area contributed by atoms with E-state index in [1.54, 1.807) is 12.3 Å². The van der Waals surface area contributed by atoms with E-state index in [1.807, 2.05) is 30.5 Å². The maximum Gasteiger partial charge on any atom is 0.349 e. The number of nitrogen functional groups attached to an aromatic ring is 1. The number of hydrogen-bond donors (Lipinski definition) is 2. The molecule has 0 aliphatic carbocycles. The minimum absolute atomic E-state index is 0.148. The van der Waals surface area contributed by atoms with E-state index in [4.69, 9.17) is 5.73 Å². The number of H-pyrrole nitrogens is 1. The molecule has 0 radical (unpaired) electrons. The fraction of sp³-hybridized carbons (Fsp3) is 0.333. The molecule has 0 saturated heterocycles. The van der Waals surface area contributed by atoms with Crippen LogP contribution >= 0.6 is 0 Å². The largest absolute Gasteiger partial charge is 0.383 e. The lowest BCUT2D eigenvalue weighted by molar-refractivity contribution is 0.536. The Kier molecular flexibility index (Phi) is 5.37. The predicted octanol–water partition coefficient (Wildman–Crippen LogP) is 1.21. The molecular formula is C21H23N7O3. The zero-order chi connectivity index (χ0) is 22.1. The van der Waals surface area contributed by atoms with Gasteiger partial charge in [0.15, 0.2) is 11.5 Å². The van der Waals surface area contributed by atoms with Gasteiger partial charge in [-0.3, -0.25) is 14.3 Å². The molecular weight excluding hydrogens is 398 g/mol. The minimum Gasteiger partial charge on any atom is -0.383 e.